The van der Waals surface area contributed by atoms with Crippen molar-refractivity contribution >= 4 is 6.03 Å². The number of hydrogen-bond acceptors (Lipinski definition) is 3. The summed E-state index contributed by atoms with van der Waals surface area (Å²) < 4.78 is 0. The van der Waals surface area contributed by atoms with Gasteiger partial charge in [-0.25, -0.2) is 4.79 Å². The molecular weight excluding hydrogens is 312 g/mol. The van der Waals surface area contributed by atoms with Crippen LogP contribution >= 0.6 is 0 Å². The van der Waals surface area contributed by atoms with Gasteiger partial charge in [0.15, 0.2) is 0 Å². The second kappa shape index (κ2) is 8.12. The second-order valence-electron chi connectivity index (χ2n) is 6.92. The normalized spacial score (nSPS) is 20.4. The van der Waals surface area contributed by atoms with E-state index in [2.05, 4.69) is 46.4 Å². The molecule has 1 saturated heterocycles. The number of urea groups is 1. The molecule has 2 heterocycles. The standard InChI is InChI=1S/C20H26N4O/c1-16-12-24(14-17-6-4-3-5-7-17)15-19(16)22-20(25)23(2)13-18-8-10-21-11-9-18/h3-11,16,19H,12-15H2,1-2H3,(H,22,25)/t16-,19-/m1/s1. The summed E-state index contributed by atoms with van der Waals surface area (Å²) in [4.78, 5) is 20.6. The lowest BCUT2D eigenvalue weighted by Gasteiger charge is -2.23. The summed E-state index contributed by atoms with van der Waals surface area (Å²) in [5.74, 6) is 0.446. The fourth-order valence-corrected chi connectivity index (χ4v) is 3.33. The van der Waals surface area contributed by atoms with Crippen molar-refractivity contribution in [3.8, 4) is 0 Å². The number of likely N-dealkylation sites (tertiary alicyclic amines) is 1. The fourth-order valence-electron chi connectivity index (χ4n) is 3.33. The Morgan fingerprint density at radius 2 is 1.88 bits per heavy atom. The predicted molar refractivity (Wildman–Crippen MR) is 98.9 cm³/mol. The van der Waals surface area contributed by atoms with Gasteiger partial charge in [-0.15, -0.1) is 0 Å². The maximum atomic E-state index is 12.5. The molecule has 132 valence electrons. The minimum Gasteiger partial charge on any atom is -0.334 e. The summed E-state index contributed by atoms with van der Waals surface area (Å²) >= 11 is 0. The van der Waals surface area contributed by atoms with Gasteiger partial charge in [-0.3, -0.25) is 9.88 Å². The molecule has 0 bridgehead atoms. The molecule has 2 aromatic rings. The van der Waals surface area contributed by atoms with Crippen molar-refractivity contribution in [1.82, 2.24) is 20.1 Å². The van der Waals surface area contributed by atoms with Crippen LogP contribution in [-0.2, 0) is 13.1 Å². The van der Waals surface area contributed by atoms with Crippen LogP contribution in [0.25, 0.3) is 0 Å². The summed E-state index contributed by atoms with van der Waals surface area (Å²) in [6.07, 6.45) is 3.50. The van der Waals surface area contributed by atoms with Crippen LogP contribution in [0.15, 0.2) is 54.9 Å². The van der Waals surface area contributed by atoms with Crippen LogP contribution in [-0.4, -0.2) is 47.0 Å². The molecule has 0 spiro atoms. The van der Waals surface area contributed by atoms with Gasteiger partial charge in [-0.05, 0) is 29.2 Å². The van der Waals surface area contributed by atoms with Gasteiger partial charge in [0.2, 0.25) is 0 Å². The van der Waals surface area contributed by atoms with Crippen molar-refractivity contribution in [2.45, 2.75) is 26.1 Å². The number of benzene rings is 1. The van der Waals surface area contributed by atoms with Crippen molar-refractivity contribution in [1.29, 1.82) is 0 Å². The Morgan fingerprint density at radius 1 is 1.16 bits per heavy atom. The molecule has 1 aliphatic rings. The third-order valence-corrected chi connectivity index (χ3v) is 4.76. The van der Waals surface area contributed by atoms with E-state index in [0.717, 1.165) is 25.2 Å². The van der Waals surface area contributed by atoms with Crippen LogP contribution in [0.3, 0.4) is 0 Å². The highest BCUT2D eigenvalue weighted by Gasteiger charge is 2.31. The molecule has 1 aromatic heterocycles. The Bertz CT molecular complexity index is 677. The van der Waals surface area contributed by atoms with Crippen molar-refractivity contribution in [2.75, 3.05) is 20.1 Å². The summed E-state index contributed by atoms with van der Waals surface area (Å²) in [6, 6.07) is 14.5. The van der Waals surface area contributed by atoms with E-state index in [4.69, 9.17) is 0 Å². The Balaban J connectivity index is 1.51. The van der Waals surface area contributed by atoms with Crippen molar-refractivity contribution < 1.29 is 4.79 Å². The largest absolute Gasteiger partial charge is 0.334 e. The van der Waals surface area contributed by atoms with Gasteiger partial charge in [0.1, 0.15) is 0 Å². The summed E-state index contributed by atoms with van der Waals surface area (Å²) in [7, 11) is 1.83. The molecule has 3 rings (SSSR count). The number of aromatic nitrogens is 1. The molecule has 5 nitrogen and oxygen atoms in total. The van der Waals surface area contributed by atoms with Crippen LogP contribution in [0.4, 0.5) is 4.79 Å². The van der Waals surface area contributed by atoms with Crippen LogP contribution in [0, 0.1) is 5.92 Å². The van der Waals surface area contributed by atoms with E-state index >= 15 is 0 Å². The average molecular weight is 338 g/mol. The van der Waals surface area contributed by atoms with E-state index in [0.29, 0.717) is 12.5 Å². The number of amides is 2. The predicted octanol–water partition coefficient (Wildman–Crippen LogP) is 2.74. The minimum absolute atomic E-state index is 0.0183. The zero-order chi connectivity index (χ0) is 17.6. The quantitative estimate of drug-likeness (QED) is 0.912. The molecule has 0 unspecified atom stereocenters. The minimum atomic E-state index is -0.0183. The molecule has 0 saturated carbocycles. The Labute approximate surface area is 149 Å². The van der Waals surface area contributed by atoms with Gasteiger partial charge in [-0.1, -0.05) is 37.3 Å². The summed E-state index contributed by atoms with van der Waals surface area (Å²) in [6.45, 7) is 5.63. The Kier molecular flexibility index (Phi) is 5.66. The zero-order valence-corrected chi connectivity index (χ0v) is 14.9. The second-order valence-corrected chi connectivity index (χ2v) is 6.92. The Hall–Kier alpha value is -2.40. The van der Waals surface area contributed by atoms with E-state index in [-0.39, 0.29) is 12.1 Å². The zero-order valence-electron chi connectivity index (χ0n) is 14.9. The number of carbonyl (C=O) groups excluding carboxylic acids is 1. The van der Waals surface area contributed by atoms with Gasteiger partial charge < -0.3 is 10.2 Å². The van der Waals surface area contributed by atoms with E-state index in [9.17, 15) is 4.79 Å². The molecule has 0 radical (unpaired) electrons. The number of carbonyl (C=O) groups is 1. The summed E-state index contributed by atoms with van der Waals surface area (Å²) in [5.41, 5.74) is 2.40. The number of hydrogen-bond donors (Lipinski definition) is 1. The van der Waals surface area contributed by atoms with Crippen molar-refractivity contribution in [2.24, 2.45) is 5.92 Å². The highest BCUT2D eigenvalue weighted by atomic mass is 16.2. The number of nitrogens with zero attached hydrogens (tertiary/aromatic N) is 3. The van der Waals surface area contributed by atoms with Gasteiger partial charge in [0.25, 0.3) is 0 Å². The lowest BCUT2D eigenvalue weighted by molar-refractivity contribution is 0.200. The van der Waals surface area contributed by atoms with Crippen molar-refractivity contribution in [3.63, 3.8) is 0 Å². The molecule has 1 aromatic carbocycles. The average Bonchev–Trinajstić information content (AvgIpc) is 2.95. The first-order valence-electron chi connectivity index (χ1n) is 8.78. The highest BCUT2D eigenvalue weighted by Crippen LogP contribution is 2.19. The maximum Gasteiger partial charge on any atom is 0.317 e. The van der Waals surface area contributed by atoms with Gasteiger partial charge in [0, 0.05) is 51.7 Å². The maximum absolute atomic E-state index is 12.5. The van der Waals surface area contributed by atoms with Crippen LogP contribution in [0.5, 0.6) is 0 Å². The van der Waals surface area contributed by atoms with E-state index in [1.165, 1.54) is 5.56 Å². The molecule has 5 heteroatoms. The van der Waals surface area contributed by atoms with Gasteiger partial charge in [-0.2, -0.15) is 0 Å². The first-order chi connectivity index (χ1) is 12.1. The van der Waals surface area contributed by atoms with Crippen LogP contribution < -0.4 is 5.32 Å². The molecular formula is C20H26N4O. The van der Waals surface area contributed by atoms with Crippen LogP contribution in [0.1, 0.15) is 18.1 Å². The molecule has 1 aliphatic heterocycles. The first kappa shape index (κ1) is 17.4. The molecule has 2 atom stereocenters. The third-order valence-electron chi connectivity index (χ3n) is 4.76. The molecule has 0 aliphatic carbocycles. The van der Waals surface area contributed by atoms with Gasteiger partial charge in [0.05, 0.1) is 0 Å². The molecule has 2 amide bonds. The number of pyridine rings is 1. The SMILES string of the molecule is C[C@@H]1CN(Cc2ccccc2)C[C@H]1NC(=O)N(C)Cc1ccncc1. The highest BCUT2D eigenvalue weighted by molar-refractivity contribution is 5.74. The summed E-state index contributed by atoms with van der Waals surface area (Å²) in [5, 5.41) is 3.19. The third kappa shape index (κ3) is 4.79. The molecule has 25 heavy (non-hydrogen) atoms. The number of rotatable bonds is 5. The Morgan fingerprint density at radius 3 is 2.60 bits per heavy atom. The lowest BCUT2D eigenvalue weighted by atomic mass is 10.1. The molecule has 1 fully saturated rings. The van der Waals surface area contributed by atoms with Gasteiger partial charge >= 0.3 is 6.03 Å². The van der Waals surface area contributed by atoms with E-state index < -0.39 is 0 Å². The van der Waals surface area contributed by atoms with E-state index in [1.54, 1.807) is 17.3 Å². The first-order valence-corrected chi connectivity index (χ1v) is 8.78. The smallest absolute Gasteiger partial charge is 0.317 e. The topological polar surface area (TPSA) is 48.5 Å². The van der Waals surface area contributed by atoms with E-state index in [1.807, 2.05) is 25.2 Å². The van der Waals surface area contributed by atoms with Crippen LogP contribution in [0.2, 0.25) is 0 Å². The fraction of sp³-hybridized carbons (Fsp3) is 0.400. The number of nitrogens with one attached hydrogen (secondary N) is 1. The van der Waals surface area contributed by atoms with Crippen molar-refractivity contribution in [3.05, 3.63) is 66.0 Å². The molecule has 1 N–H and O–H groups in total. The lowest BCUT2D eigenvalue weighted by Crippen LogP contribution is -2.45. The monoisotopic (exact) mass is 338 g/mol.